The van der Waals surface area contributed by atoms with Crippen molar-refractivity contribution >= 4 is 43.6 Å². The highest BCUT2D eigenvalue weighted by Gasteiger charge is 2.35. The lowest BCUT2D eigenvalue weighted by molar-refractivity contribution is -0.137. The molecule has 0 aliphatic carbocycles. The molecule has 12 aromatic rings. The summed E-state index contributed by atoms with van der Waals surface area (Å²) in [5.74, 6) is 0. The minimum atomic E-state index is -4.85. The average molecular weight is 1080 g/mol. The molecular weight excluding hydrogens is 1010 g/mol. The van der Waals surface area contributed by atoms with Crippen molar-refractivity contribution < 1.29 is 13.2 Å². The molecule has 0 N–H and O–H groups in total. The molecule has 12 rings (SSSR count). The van der Waals surface area contributed by atoms with Crippen LogP contribution < -0.4 is 0 Å². The first-order chi connectivity index (χ1) is 39.1. The van der Waals surface area contributed by atoms with E-state index in [1.807, 2.05) is 6.07 Å². The third-order valence-corrected chi connectivity index (χ3v) is 16.9. The Morgan fingerprint density at radius 1 is 0.329 bits per heavy atom. The zero-order valence-electron chi connectivity index (χ0n) is 48.4. The Morgan fingerprint density at radius 2 is 0.634 bits per heavy atom. The van der Waals surface area contributed by atoms with Crippen LogP contribution in [0.4, 0.5) is 13.2 Å². The third-order valence-electron chi connectivity index (χ3n) is 16.9. The number of nitriles is 2. The number of alkyl halides is 3. The second-order valence-electron chi connectivity index (χ2n) is 23.1. The maximum Gasteiger partial charge on any atom is 0.417 e. The quantitative estimate of drug-likeness (QED) is 0.160. The smallest absolute Gasteiger partial charge is 0.307 e. The zero-order valence-corrected chi connectivity index (χ0v) is 48.4. The van der Waals surface area contributed by atoms with Crippen molar-refractivity contribution in [3.8, 4) is 79.1 Å². The van der Waals surface area contributed by atoms with E-state index < -0.39 is 11.7 Å². The number of hydrogen-bond donors (Lipinski definition) is 0. The van der Waals surface area contributed by atoms with Gasteiger partial charge in [-0.1, -0.05) is 101 Å². The summed E-state index contributed by atoms with van der Waals surface area (Å²) in [6.45, 7) is 25.7. The van der Waals surface area contributed by atoms with Gasteiger partial charge in [-0.05, 0) is 250 Å². The zero-order chi connectivity index (χ0) is 58.0. The van der Waals surface area contributed by atoms with Crippen LogP contribution in [0.5, 0.6) is 0 Å². The standard InChI is InChI=1S/C75H61F3N4/c1-40-23-44(5)71(45(6)24-40)53-14-19-65-60(32-53)61-33-54(72-46(7)25-41(2)26-47(72)8)15-20-66(61)81(65)69-36-57(39-80)59(58-18-13-52(38-79)31-64(58)75(76,77)78)37-70(69)82-67-21-16-55(73-48(9)27-42(3)28-49(73)10)34-62(67)63-35-56(17-22-68(63)82)74-50(11)29-43(4)30-51(74)12/h13-37H,1-12H3. The molecule has 0 radical (unpaired) electrons. The van der Waals surface area contributed by atoms with E-state index in [0.717, 1.165) is 116 Å². The second-order valence-corrected chi connectivity index (χ2v) is 23.1. The normalized spacial score (nSPS) is 11.8. The van der Waals surface area contributed by atoms with Gasteiger partial charge in [0.2, 0.25) is 0 Å². The molecule has 0 spiro atoms. The number of fused-ring (bicyclic) bond motifs is 6. The summed E-state index contributed by atoms with van der Waals surface area (Å²) in [7, 11) is 0. The van der Waals surface area contributed by atoms with E-state index in [4.69, 9.17) is 0 Å². The highest BCUT2D eigenvalue weighted by atomic mass is 19.4. The molecule has 10 aromatic carbocycles. The predicted molar refractivity (Wildman–Crippen MR) is 334 cm³/mol. The lowest BCUT2D eigenvalue weighted by atomic mass is 9.91. The Balaban J connectivity index is 1.25. The van der Waals surface area contributed by atoms with Gasteiger partial charge < -0.3 is 9.13 Å². The molecule has 0 atom stereocenters. The molecule has 0 saturated heterocycles. The lowest BCUT2D eigenvalue weighted by Crippen LogP contribution is -2.10. The van der Waals surface area contributed by atoms with E-state index in [-0.39, 0.29) is 22.3 Å². The maximum absolute atomic E-state index is 15.5. The first-order valence-electron chi connectivity index (χ1n) is 27.8. The Morgan fingerprint density at radius 3 is 0.915 bits per heavy atom. The molecule has 0 saturated carbocycles. The van der Waals surface area contributed by atoms with E-state index in [9.17, 15) is 10.5 Å². The molecule has 0 unspecified atom stereocenters. The molecule has 0 aliphatic heterocycles. The van der Waals surface area contributed by atoms with Gasteiger partial charge in [0, 0.05) is 27.1 Å². The second kappa shape index (κ2) is 19.7. The molecule has 0 fully saturated rings. The number of aryl methyl sites for hydroxylation is 12. The Labute approximate surface area is 477 Å². The lowest BCUT2D eigenvalue weighted by Gasteiger charge is -2.21. The molecule has 0 bridgehead atoms. The minimum absolute atomic E-state index is 0.0509. The Kier molecular flexibility index (Phi) is 12.8. The van der Waals surface area contributed by atoms with Crippen molar-refractivity contribution in [3.05, 3.63) is 235 Å². The maximum atomic E-state index is 15.5. The van der Waals surface area contributed by atoms with Crippen LogP contribution in [0.1, 0.15) is 83.5 Å². The Bertz CT molecular complexity index is 4510. The predicted octanol–water partition coefficient (Wildman–Crippen LogP) is 20.7. The number of hydrogen-bond acceptors (Lipinski definition) is 2. The van der Waals surface area contributed by atoms with E-state index in [1.54, 1.807) is 12.1 Å². The van der Waals surface area contributed by atoms with Gasteiger partial charge in [-0.3, -0.25) is 0 Å². The summed E-state index contributed by atoms with van der Waals surface area (Å²) in [6, 6.07) is 55.4. The van der Waals surface area contributed by atoms with Gasteiger partial charge >= 0.3 is 6.18 Å². The largest absolute Gasteiger partial charge is 0.417 e. The first-order valence-corrected chi connectivity index (χ1v) is 27.8. The summed E-state index contributed by atoms with van der Waals surface area (Å²) in [6.07, 6.45) is -4.85. The van der Waals surface area contributed by atoms with E-state index in [1.165, 1.54) is 56.6 Å². The van der Waals surface area contributed by atoms with Crippen LogP contribution in [0.25, 0.3) is 111 Å². The van der Waals surface area contributed by atoms with Gasteiger partial charge in [-0.2, -0.15) is 23.7 Å². The molecule has 0 aliphatic rings. The highest BCUT2D eigenvalue weighted by Crippen LogP contribution is 2.47. The van der Waals surface area contributed by atoms with Crippen LogP contribution in [-0.2, 0) is 6.18 Å². The van der Waals surface area contributed by atoms with Gasteiger partial charge in [0.05, 0.1) is 62.3 Å². The highest BCUT2D eigenvalue weighted by molar-refractivity contribution is 6.14. The van der Waals surface area contributed by atoms with Crippen LogP contribution in [0.3, 0.4) is 0 Å². The van der Waals surface area contributed by atoms with Crippen molar-refractivity contribution in [1.29, 1.82) is 10.5 Å². The molecule has 4 nitrogen and oxygen atoms in total. The third kappa shape index (κ3) is 8.75. The van der Waals surface area contributed by atoms with Crippen molar-refractivity contribution in [2.45, 2.75) is 89.3 Å². The van der Waals surface area contributed by atoms with E-state index >= 15 is 13.2 Å². The van der Waals surface area contributed by atoms with E-state index in [0.29, 0.717) is 11.4 Å². The first kappa shape index (κ1) is 53.2. The molecule has 402 valence electrons. The summed E-state index contributed by atoms with van der Waals surface area (Å²) < 4.78 is 50.8. The summed E-state index contributed by atoms with van der Waals surface area (Å²) in [5.41, 5.74) is 26.3. The summed E-state index contributed by atoms with van der Waals surface area (Å²) in [4.78, 5) is 0. The van der Waals surface area contributed by atoms with E-state index in [2.05, 4.69) is 220 Å². The topological polar surface area (TPSA) is 57.4 Å². The van der Waals surface area contributed by atoms with Crippen LogP contribution in [-0.4, -0.2) is 9.13 Å². The summed E-state index contributed by atoms with van der Waals surface area (Å²) in [5, 5.41) is 25.2. The number of aromatic nitrogens is 2. The molecule has 2 aromatic heterocycles. The van der Waals surface area contributed by atoms with Crippen LogP contribution in [0.15, 0.2) is 152 Å². The van der Waals surface area contributed by atoms with Crippen molar-refractivity contribution in [2.24, 2.45) is 0 Å². The van der Waals surface area contributed by atoms with Crippen molar-refractivity contribution in [2.75, 3.05) is 0 Å². The van der Waals surface area contributed by atoms with Gasteiger partial charge in [-0.15, -0.1) is 0 Å². The van der Waals surface area contributed by atoms with Crippen LogP contribution in [0.2, 0.25) is 0 Å². The van der Waals surface area contributed by atoms with Crippen molar-refractivity contribution in [1.82, 2.24) is 9.13 Å². The fourth-order valence-electron chi connectivity index (χ4n) is 14.1. The molecule has 7 heteroatoms. The molecule has 2 heterocycles. The number of nitrogens with zero attached hydrogens (tertiary/aromatic N) is 4. The van der Waals surface area contributed by atoms with Gasteiger partial charge in [-0.25, -0.2) is 0 Å². The average Bonchev–Trinajstić information content (AvgIpc) is 4.08. The molecule has 0 amide bonds. The van der Waals surface area contributed by atoms with Crippen LogP contribution >= 0.6 is 0 Å². The monoisotopic (exact) mass is 1070 g/mol. The minimum Gasteiger partial charge on any atom is -0.307 e. The van der Waals surface area contributed by atoms with Gasteiger partial charge in [0.1, 0.15) is 0 Å². The fourth-order valence-corrected chi connectivity index (χ4v) is 14.1. The molecular formula is C75H61F3N4. The van der Waals surface area contributed by atoms with Gasteiger partial charge in [0.15, 0.2) is 0 Å². The molecule has 82 heavy (non-hydrogen) atoms. The summed E-state index contributed by atoms with van der Waals surface area (Å²) >= 11 is 0. The Hall–Kier alpha value is -9.43. The van der Waals surface area contributed by atoms with Crippen LogP contribution in [0, 0.1) is 106 Å². The SMILES string of the molecule is Cc1cc(C)c(-c2ccc3c(c2)c2cc(-c4c(C)cc(C)cc4C)ccc2n3-c2cc(C#N)c(-c3ccc(C#N)cc3C(F)(F)F)cc2-n2c3ccc(-c4c(C)cc(C)cc4C)cc3c3cc(-c4c(C)cc(C)cc4C)ccc32)c(C)c1. The number of benzene rings is 10. The number of rotatable bonds is 7. The van der Waals surface area contributed by atoms with Crippen molar-refractivity contribution in [3.63, 3.8) is 0 Å². The fraction of sp³-hybridized carbons (Fsp3) is 0.173. The van der Waals surface area contributed by atoms with Gasteiger partial charge in [0.25, 0.3) is 0 Å². The number of halogens is 3.